The van der Waals surface area contributed by atoms with Crippen molar-refractivity contribution < 1.29 is 58.6 Å². The quantitative estimate of drug-likeness (QED) is 0.520. The van der Waals surface area contributed by atoms with Gasteiger partial charge in [-0.1, -0.05) is 0 Å². The Hall–Kier alpha value is 3.44. The van der Waals surface area contributed by atoms with E-state index in [9.17, 15) is 0 Å². The standard InChI is InChI=1S/Ba.Co.Nb.Zn. The number of hydrogen-bond donors (Lipinski definition) is 0. The molecule has 0 bridgehead atoms. The second kappa shape index (κ2) is 16.1. The molecular weight excluding hydrogens is 355 g/mol. The molecule has 0 unspecified atom stereocenters. The molecule has 0 nitrogen and oxygen atoms in total. The molecule has 4 heteroatoms. The van der Waals surface area contributed by atoms with Crippen LogP contribution in [0.4, 0.5) is 0 Å². The summed E-state index contributed by atoms with van der Waals surface area (Å²) in [6, 6.07) is 0. The van der Waals surface area contributed by atoms with Crippen LogP contribution in [0.2, 0.25) is 0 Å². The maximum Gasteiger partial charge on any atom is 0 e. The molecule has 0 amide bonds. The molecule has 0 aromatic rings. The van der Waals surface area contributed by atoms with E-state index in [1.54, 1.807) is 0 Å². The fourth-order valence-electron chi connectivity index (χ4n) is 0. The van der Waals surface area contributed by atoms with Crippen LogP contribution in [0.5, 0.6) is 0 Å². The Balaban J connectivity index is 0. The topological polar surface area (TPSA) is 0 Å². The Morgan fingerprint density at radius 1 is 1.00 bits per heavy atom. The first-order chi connectivity index (χ1) is 0. The molecule has 0 aromatic heterocycles. The zero-order chi connectivity index (χ0) is 0. The summed E-state index contributed by atoms with van der Waals surface area (Å²) in [5, 5.41) is 0. The first-order valence-electron chi connectivity index (χ1n) is 0. The van der Waals surface area contributed by atoms with Crippen LogP contribution >= 0.6 is 0 Å². The van der Waals surface area contributed by atoms with Crippen LogP contribution in [0, 0.1) is 0 Å². The molecule has 4 radical (unpaired) electrons. The summed E-state index contributed by atoms with van der Waals surface area (Å²) in [5.41, 5.74) is 0. The molecule has 18 valence electrons. The van der Waals surface area contributed by atoms with E-state index < -0.39 is 0 Å². The largest absolute Gasteiger partial charge is 0 e. The van der Waals surface area contributed by atoms with Gasteiger partial charge >= 0.3 is 0 Å². The van der Waals surface area contributed by atoms with Crippen molar-refractivity contribution in [1.29, 1.82) is 0 Å². The molecule has 0 aliphatic heterocycles. The Morgan fingerprint density at radius 2 is 1.00 bits per heavy atom. The fraction of sp³-hybridized carbons (Fsp3) is 0. The third-order valence-corrected chi connectivity index (χ3v) is 0. The molecule has 0 atom stereocenters. The van der Waals surface area contributed by atoms with E-state index in [2.05, 4.69) is 0 Å². The van der Waals surface area contributed by atoms with E-state index in [1.165, 1.54) is 0 Å². The van der Waals surface area contributed by atoms with Gasteiger partial charge in [0.15, 0.2) is 0 Å². The third kappa shape index (κ3) is 9.06. The summed E-state index contributed by atoms with van der Waals surface area (Å²) in [4.78, 5) is 0. The van der Waals surface area contributed by atoms with Crippen LogP contribution in [0.3, 0.4) is 0 Å². The second-order valence-corrected chi connectivity index (χ2v) is 0. The zero-order valence-electron chi connectivity index (χ0n) is 2.19. The maximum absolute atomic E-state index is 0. The van der Waals surface area contributed by atoms with Crippen molar-refractivity contribution in [3.8, 4) is 0 Å². The summed E-state index contributed by atoms with van der Waals surface area (Å²) in [7, 11) is 0. The molecule has 0 rings (SSSR count). The second-order valence-electron chi connectivity index (χ2n) is 0. The Morgan fingerprint density at radius 3 is 1.00 bits per heavy atom. The normalized spacial score (nSPS) is 0. The van der Waals surface area contributed by atoms with E-state index in [0.717, 1.165) is 0 Å². The molecule has 0 spiro atoms. The van der Waals surface area contributed by atoms with Crippen LogP contribution in [0.1, 0.15) is 0 Å². The van der Waals surface area contributed by atoms with E-state index in [0.29, 0.717) is 0 Å². The minimum absolute atomic E-state index is 0. The van der Waals surface area contributed by atoms with E-state index in [4.69, 9.17) is 0 Å². The van der Waals surface area contributed by atoms with Crippen molar-refractivity contribution >= 4 is 48.9 Å². The monoisotopic (exact) mass is 354 g/mol. The van der Waals surface area contributed by atoms with Gasteiger partial charge in [0.1, 0.15) is 0 Å². The Labute approximate surface area is 105 Å². The smallest absolute Gasteiger partial charge is 0 e. The predicted octanol–water partition coefficient (Wildman–Crippen LogP) is -0.388. The molecule has 0 N–H and O–H groups in total. The van der Waals surface area contributed by atoms with Crippen LogP contribution < -0.4 is 0 Å². The van der Waals surface area contributed by atoms with E-state index in [-0.39, 0.29) is 108 Å². The van der Waals surface area contributed by atoms with Crippen LogP contribution in [0.15, 0.2) is 0 Å². The van der Waals surface area contributed by atoms with Crippen molar-refractivity contribution in [1.82, 2.24) is 0 Å². The van der Waals surface area contributed by atoms with Gasteiger partial charge < -0.3 is 0 Å². The van der Waals surface area contributed by atoms with E-state index in [1.807, 2.05) is 0 Å². The van der Waals surface area contributed by atoms with E-state index >= 15 is 0 Å². The third-order valence-electron chi connectivity index (χ3n) is 0. The zero-order valence-corrected chi connectivity index (χ0v) is 12.8. The van der Waals surface area contributed by atoms with Crippen LogP contribution in [0.25, 0.3) is 0 Å². The van der Waals surface area contributed by atoms with Crippen LogP contribution in [-0.4, -0.2) is 48.9 Å². The minimum atomic E-state index is 0. The molecule has 0 saturated carbocycles. The predicted molar refractivity (Wildman–Crippen MR) is 5.75 cm³/mol. The van der Waals surface area contributed by atoms with Crippen molar-refractivity contribution in [2.24, 2.45) is 0 Å². The number of hydrogen-bond acceptors (Lipinski definition) is 0. The summed E-state index contributed by atoms with van der Waals surface area (Å²) < 4.78 is 0. The van der Waals surface area contributed by atoms with Crippen LogP contribution in [-0.2, 0) is 58.6 Å². The van der Waals surface area contributed by atoms with Gasteiger partial charge in [-0.3, -0.25) is 0 Å². The van der Waals surface area contributed by atoms with Gasteiger partial charge in [-0.15, -0.1) is 0 Å². The fourth-order valence-corrected chi connectivity index (χ4v) is 0. The van der Waals surface area contributed by atoms with Gasteiger partial charge in [-0.2, -0.15) is 0 Å². The molecule has 0 aliphatic carbocycles. The van der Waals surface area contributed by atoms with Crippen molar-refractivity contribution in [3.63, 3.8) is 0 Å². The molecule has 4 heavy (non-hydrogen) atoms. The summed E-state index contributed by atoms with van der Waals surface area (Å²) in [6.07, 6.45) is 0. The first kappa shape index (κ1) is 26.1. The average Bonchev–Trinajstić information content (AvgIpc) is 0. The molecule has 0 aromatic carbocycles. The van der Waals surface area contributed by atoms with Gasteiger partial charge in [0.25, 0.3) is 0 Å². The SMILES string of the molecule is [Ba].[Co].[Nb].[Zn]. The molecule has 0 fully saturated rings. The molecular formula is BaCoNbZn. The van der Waals surface area contributed by atoms with Gasteiger partial charge in [0.05, 0.1) is 0 Å². The molecule has 0 heterocycles. The summed E-state index contributed by atoms with van der Waals surface area (Å²) in [5.74, 6) is 0. The molecule has 0 aliphatic rings. The van der Waals surface area contributed by atoms with Crippen molar-refractivity contribution in [2.75, 3.05) is 0 Å². The first-order valence-corrected chi connectivity index (χ1v) is 0. The van der Waals surface area contributed by atoms with Crippen molar-refractivity contribution in [3.05, 3.63) is 0 Å². The molecule has 0 saturated heterocycles. The maximum atomic E-state index is 0. The minimum Gasteiger partial charge on any atom is 0 e. The summed E-state index contributed by atoms with van der Waals surface area (Å²) >= 11 is 0. The number of rotatable bonds is 0. The van der Waals surface area contributed by atoms with Gasteiger partial charge in [0.2, 0.25) is 0 Å². The van der Waals surface area contributed by atoms with Gasteiger partial charge in [0, 0.05) is 108 Å². The van der Waals surface area contributed by atoms with Gasteiger partial charge in [-0.05, 0) is 0 Å². The Bertz CT molecular complexity index is 8.00. The average molecular weight is 355 g/mol. The van der Waals surface area contributed by atoms with Crippen molar-refractivity contribution in [2.45, 2.75) is 0 Å². The van der Waals surface area contributed by atoms with Gasteiger partial charge in [-0.25, -0.2) is 0 Å². The Kier molecular flexibility index (Phi) is 105. The summed E-state index contributed by atoms with van der Waals surface area (Å²) in [6.45, 7) is 0.